The summed E-state index contributed by atoms with van der Waals surface area (Å²) >= 11 is 6.32. The first-order chi connectivity index (χ1) is 12.3. The zero-order valence-electron chi connectivity index (χ0n) is 14.0. The SMILES string of the molecule is Cc1ccc(S(=O)(=O)Oc2ccc(/C=C3\SC(=S)N(C)C3=O)cc2)cc1. The number of amides is 1. The van der Waals surface area contributed by atoms with Gasteiger partial charge in [-0.15, -0.1) is 0 Å². The van der Waals surface area contributed by atoms with Gasteiger partial charge in [-0.2, -0.15) is 8.42 Å². The van der Waals surface area contributed by atoms with Gasteiger partial charge in [0.25, 0.3) is 5.91 Å². The molecule has 0 bridgehead atoms. The quantitative estimate of drug-likeness (QED) is 0.440. The van der Waals surface area contributed by atoms with Crippen LogP contribution in [0, 0.1) is 6.92 Å². The smallest absolute Gasteiger partial charge is 0.339 e. The van der Waals surface area contributed by atoms with Gasteiger partial charge in [-0.25, -0.2) is 0 Å². The predicted molar refractivity (Wildman–Crippen MR) is 106 cm³/mol. The molecule has 26 heavy (non-hydrogen) atoms. The van der Waals surface area contributed by atoms with Crippen molar-refractivity contribution in [3.63, 3.8) is 0 Å². The van der Waals surface area contributed by atoms with E-state index in [0.717, 1.165) is 11.1 Å². The summed E-state index contributed by atoms with van der Waals surface area (Å²) in [6.07, 6.45) is 1.71. The summed E-state index contributed by atoms with van der Waals surface area (Å²) in [5.74, 6) is 0.0491. The Kier molecular flexibility index (Phi) is 5.17. The second-order valence-corrected chi connectivity index (χ2v) is 8.88. The largest absolute Gasteiger partial charge is 0.379 e. The summed E-state index contributed by atoms with van der Waals surface area (Å²) in [6.45, 7) is 1.88. The van der Waals surface area contributed by atoms with E-state index in [2.05, 4.69) is 0 Å². The lowest BCUT2D eigenvalue weighted by atomic mass is 10.2. The van der Waals surface area contributed by atoms with Gasteiger partial charge < -0.3 is 4.18 Å². The second-order valence-electron chi connectivity index (χ2n) is 5.66. The van der Waals surface area contributed by atoms with Crippen LogP contribution in [0.3, 0.4) is 0 Å². The van der Waals surface area contributed by atoms with Crippen molar-refractivity contribution in [1.29, 1.82) is 0 Å². The number of thiocarbonyl (C=S) groups is 1. The monoisotopic (exact) mass is 405 g/mol. The number of hydrogen-bond acceptors (Lipinski definition) is 6. The average Bonchev–Trinajstić information content (AvgIpc) is 2.84. The van der Waals surface area contributed by atoms with E-state index in [1.807, 2.05) is 6.92 Å². The van der Waals surface area contributed by atoms with Crippen molar-refractivity contribution in [2.75, 3.05) is 7.05 Å². The van der Waals surface area contributed by atoms with E-state index < -0.39 is 10.1 Å². The average molecular weight is 406 g/mol. The molecule has 0 saturated carbocycles. The van der Waals surface area contributed by atoms with Crippen molar-refractivity contribution >= 4 is 50.4 Å². The van der Waals surface area contributed by atoms with Gasteiger partial charge in [-0.1, -0.05) is 53.8 Å². The first kappa shape index (κ1) is 18.6. The van der Waals surface area contributed by atoms with E-state index in [0.29, 0.717) is 9.23 Å². The molecular weight excluding hydrogens is 390 g/mol. The minimum Gasteiger partial charge on any atom is -0.379 e. The van der Waals surface area contributed by atoms with Crippen molar-refractivity contribution in [3.8, 4) is 5.75 Å². The van der Waals surface area contributed by atoms with E-state index in [1.54, 1.807) is 49.5 Å². The highest BCUT2D eigenvalue weighted by atomic mass is 32.2. The predicted octanol–water partition coefficient (Wildman–Crippen LogP) is 3.59. The van der Waals surface area contributed by atoms with Crippen LogP contribution in [0.4, 0.5) is 0 Å². The van der Waals surface area contributed by atoms with Crippen LogP contribution in [-0.2, 0) is 14.9 Å². The second kappa shape index (κ2) is 7.22. The van der Waals surface area contributed by atoms with Crippen LogP contribution < -0.4 is 4.18 Å². The first-order valence-corrected chi connectivity index (χ1v) is 10.2. The molecule has 1 fully saturated rings. The Morgan fingerprint density at radius 2 is 1.69 bits per heavy atom. The van der Waals surface area contributed by atoms with Gasteiger partial charge in [0.05, 0.1) is 4.91 Å². The zero-order chi connectivity index (χ0) is 18.9. The summed E-state index contributed by atoms with van der Waals surface area (Å²) in [6, 6.07) is 12.9. The Bertz CT molecular complexity index is 994. The summed E-state index contributed by atoms with van der Waals surface area (Å²) < 4.78 is 30.2. The first-order valence-electron chi connectivity index (χ1n) is 7.59. The molecule has 1 heterocycles. The van der Waals surface area contributed by atoms with Gasteiger partial charge >= 0.3 is 10.1 Å². The van der Waals surface area contributed by atoms with Gasteiger partial charge in [-0.3, -0.25) is 9.69 Å². The number of rotatable bonds is 4. The molecule has 3 rings (SSSR count). The zero-order valence-corrected chi connectivity index (χ0v) is 16.5. The normalized spacial score (nSPS) is 16.4. The molecule has 0 N–H and O–H groups in total. The molecule has 8 heteroatoms. The van der Waals surface area contributed by atoms with Crippen LogP contribution in [0.5, 0.6) is 5.75 Å². The summed E-state index contributed by atoms with van der Waals surface area (Å²) in [7, 11) is -2.26. The molecule has 0 aromatic heterocycles. The fourth-order valence-electron chi connectivity index (χ4n) is 2.20. The number of likely N-dealkylation sites (N-methyl/N-ethyl adjacent to an activating group) is 1. The molecule has 2 aromatic rings. The van der Waals surface area contributed by atoms with Crippen LogP contribution >= 0.6 is 24.0 Å². The fourth-order valence-corrected chi connectivity index (χ4v) is 4.31. The third-order valence-corrected chi connectivity index (χ3v) is 6.43. The topological polar surface area (TPSA) is 63.7 Å². The maximum absolute atomic E-state index is 12.3. The molecule has 0 unspecified atom stereocenters. The number of aryl methyl sites for hydroxylation is 1. The Morgan fingerprint density at radius 3 is 2.23 bits per heavy atom. The molecule has 0 atom stereocenters. The molecule has 5 nitrogen and oxygen atoms in total. The highest BCUT2D eigenvalue weighted by Crippen LogP contribution is 2.31. The molecule has 0 radical (unpaired) electrons. The number of benzene rings is 2. The van der Waals surface area contributed by atoms with Crippen LogP contribution in [0.15, 0.2) is 58.3 Å². The molecule has 1 aliphatic rings. The standard InChI is InChI=1S/C18H15NO4S3/c1-12-3-9-15(10-4-12)26(21,22)23-14-7-5-13(6-8-14)11-16-17(20)19(2)18(24)25-16/h3-11H,1-2H3/b16-11-. The van der Waals surface area contributed by atoms with Gasteiger partial charge in [-0.05, 0) is 42.8 Å². The van der Waals surface area contributed by atoms with E-state index in [4.69, 9.17) is 16.4 Å². The number of thioether (sulfide) groups is 1. The van der Waals surface area contributed by atoms with Gasteiger partial charge in [0, 0.05) is 7.05 Å². The Hall–Kier alpha value is -2.16. The summed E-state index contributed by atoms with van der Waals surface area (Å²) in [5, 5.41) is 0. The maximum Gasteiger partial charge on any atom is 0.339 e. The van der Waals surface area contributed by atoms with Crippen LogP contribution in [-0.4, -0.2) is 30.6 Å². The minimum absolute atomic E-state index is 0.0961. The summed E-state index contributed by atoms with van der Waals surface area (Å²) in [4.78, 5) is 14.0. The van der Waals surface area contributed by atoms with Gasteiger partial charge in [0.1, 0.15) is 15.0 Å². The molecule has 1 aliphatic heterocycles. The Balaban J connectivity index is 1.77. The number of carbonyl (C=O) groups is 1. The van der Waals surface area contributed by atoms with Crippen molar-refractivity contribution in [2.45, 2.75) is 11.8 Å². The summed E-state index contributed by atoms with van der Waals surface area (Å²) in [5.41, 5.74) is 1.71. The molecule has 0 spiro atoms. The van der Waals surface area contributed by atoms with Crippen molar-refractivity contribution in [2.24, 2.45) is 0 Å². The lowest BCUT2D eigenvalue weighted by Crippen LogP contribution is -2.22. The third-order valence-electron chi connectivity index (χ3n) is 3.68. The minimum atomic E-state index is -3.89. The third kappa shape index (κ3) is 3.98. The van der Waals surface area contributed by atoms with Crippen LogP contribution in [0.1, 0.15) is 11.1 Å². The van der Waals surface area contributed by atoms with Crippen molar-refractivity contribution in [1.82, 2.24) is 4.90 Å². The Morgan fingerprint density at radius 1 is 1.08 bits per heavy atom. The van der Waals surface area contributed by atoms with Gasteiger partial charge in [0.2, 0.25) is 0 Å². The lowest BCUT2D eigenvalue weighted by Gasteiger charge is -2.07. The van der Waals surface area contributed by atoms with E-state index >= 15 is 0 Å². The molecule has 1 saturated heterocycles. The molecule has 0 aliphatic carbocycles. The highest BCUT2D eigenvalue weighted by Gasteiger charge is 2.28. The van der Waals surface area contributed by atoms with Crippen molar-refractivity contribution < 1.29 is 17.4 Å². The fraction of sp³-hybridized carbons (Fsp3) is 0.111. The molecular formula is C18H15NO4S3. The molecule has 1 amide bonds. The van der Waals surface area contributed by atoms with E-state index in [-0.39, 0.29) is 16.6 Å². The maximum atomic E-state index is 12.3. The van der Waals surface area contributed by atoms with Crippen LogP contribution in [0.2, 0.25) is 0 Å². The van der Waals surface area contributed by atoms with Gasteiger partial charge in [0.15, 0.2) is 0 Å². The number of nitrogens with zero attached hydrogens (tertiary/aromatic N) is 1. The molecule has 2 aromatic carbocycles. The van der Waals surface area contributed by atoms with Crippen molar-refractivity contribution in [3.05, 3.63) is 64.6 Å². The Labute approximate surface area is 161 Å². The van der Waals surface area contributed by atoms with Crippen LogP contribution in [0.25, 0.3) is 6.08 Å². The van der Waals surface area contributed by atoms with E-state index in [9.17, 15) is 13.2 Å². The lowest BCUT2D eigenvalue weighted by molar-refractivity contribution is -0.121. The number of carbonyl (C=O) groups excluding carboxylic acids is 1. The number of hydrogen-bond donors (Lipinski definition) is 0. The molecule has 134 valence electrons. The van der Waals surface area contributed by atoms with E-state index in [1.165, 1.54) is 28.8 Å². The highest BCUT2D eigenvalue weighted by molar-refractivity contribution is 8.26.